The Balaban J connectivity index is 1.63. The van der Waals surface area contributed by atoms with Gasteiger partial charge in [-0.15, -0.1) is 0 Å². The summed E-state index contributed by atoms with van der Waals surface area (Å²) in [6, 6.07) is 11.9. The van der Waals surface area contributed by atoms with E-state index in [1.165, 1.54) is 6.33 Å². The summed E-state index contributed by atoms with van der Waals surface area (Å²) in [7, 11) is 3.54. The molecule has 0 radical (unpaired) electrons. The zero-order valence-corrected chi connectivity index (χ0v) is 17.4. The molecule has 9 heteroatoms. The van der Waals surface area contributed by atoms with E-state index in [0.29, 0.717) is 12.2 Å². The fourth-order valence-corrected chi connectivity index (χ4v) is 3.78. The Bertz CT molecular complexity index is 1400. The van der Waals surface area contributed by atoms with Gasteiger partial charge >= 0.3 is 0 Å². The van der Waals surface area contributed by atoms with Gasteiger partial charge in [0, 0.05) is 36.9 Å². The Morgan fingerprint density at radius 1 is 1.16 bits per heavy atom. The van der Waals surface area contributed by atoms with Gasteiger partial charge in [-0.05, 0) is 30.7 Å². The number of hydrogen-bond donors (Lipinski definition) is 1. The van der Waals surface area contributed by atoms with Crippen LogP contribution < -0.4 is 10.5 Å². The fourth-order valence-electron chi connectivity index (χ4n) is 3.78. The number of hydrogen-bond acceptors (Lipinski definition) is 7. The van der Waals surface area contributed by atoms with Gasteiger partial charge in [0.25, 0.3) is 0 Å². The third kappa shape index (κ3) is 3.29. The molecule has 0 atom stereocenters. The summed E-state index contributed by atoms with van der Waals surface area (Å²) in [5.74, 6) is 1.93. The maximum Gasteiger partial charge on any atom is 0.152 e. The average Bonchev–Trinajstić information content (AvgIpc) is 3.47. The minimum absolute atomic E-state index is 0.397. The topological polar surface area (TPSA) is 109 Å². The molecule has 0 bridgehead atoms. The lowest BCUT2D eigenvalue weighted by molar-refractivity contribution is 0.390. The summed E-state index contributed by atoms with van der Waals surface area (Å²) in [6.07, 6.45) is 3.95. The number of fused-ring (bicyclic) bond motifs is 1. The highest BCUT2D eigenvalue weighted by Gasteiger charge is 2.19. The van der Waals surface area contributed by atoms with Crippen LogP contribution in [-0.4, -0.2) is 36.6 Å². The SMILES string of the molecule is COc1cc(-c2cc(-c3ccn(C)n3)n3ncnc(N)c23)ccc1Cc1cc(C)on1. The number of aromatic nitrogens is 6. The third-order valence-corrected chi connectivity index (χ3v) is 5.21. The molecule has 0 aliphatic rings. The van der Waals surface area contributed by atoms with Gasteiger partial charge in [0.05, 0.1) is 18.5 Å². The molecule has 0 saturated heterocycles. The van der Waals surface area contributed by atoms with Crippen LogP contribution >= 0.6 is 0 Å². The van der Waals surface area contributed by atoms with Gasteiger partial charge in [-0.3, -0.25) is 4.68 Å². The molecule has 0 unspecified atom stereocenters. The summed E-state index contributed by atoms with van der Waals surface area (Å²) < 4.78 is 14.4. The van der Waals surface area contributed by atoms with Crippen LogP contribution in [0.3, 0.4) is 0 Å². The van der Waals surface area contributed by atoms with E-state index in [0.717, 1.165) is 50.8 Å². The molecule has 0 amide bonds. The number of nitrogen functional groups attached to an aromatic ring is 1. The minimum atomic E-state index is 0.397. The van der Waals surface area contributed by atoms with Gasteiger partial charge in [0.15, 0.2) is 5.82 Å². The largest absolute Gasteiger partial charge is 0.496 e. The van der Waals surface area contributed by atoms with Gasteiger partial charge in [0.2, 0.25) is 0 Å². The summed E-state index contributed by atoms with van der Waals surface area (Å²) in [6.45, 7) is 1.88. The van der Waals surface area contributed by atoms with Gasteiger partial charge < -0.3 is 15.0 Å². The maximum absolute atomic E-state index is 6.25. The van der Waals surface area contributed by atoms with Crippen LogP contribution in [0.4, 0.5) is 5.82 Å². The number of nitrogens with zero attached hydrogens (tertiary/aromatic N) is 6. The minimum Gasteiger partial charge on any atom is -0.496 e. The molecule has 4 heterocycles. The predicted octanol–water partition coefficient (Wildman–Crippen LogP) is 3.27. The second-order valence-electron chi connectivity index (χ2n) is 7.36. The van der Waals surface area contributed by atoms with Crippen LogP contribution in [0.2, 0.25) is 0 Å². The Kier molecular flexibility index (Phi) is 4.43. The molecule has 9 nitrogen and oxygen atoms in total. The normalized spacial score (nSPS) is 11.3. The van der Waals surface area contributed by atoms with Crippen molar-refractivity contribution in [2.24, 2.45) is 7.05 Å². The van der Waals surface area contributed by atoms with E-state index in [-0.39, 0.29) is 0 Å². The zero-order valence-electron chi connectivity index (χ0n) is 17.4. The summed E-state index contributed by atoms with van der Waals surface area (Å²) in [5.41, 5.74) is 12.3. The first-order valence-electron chi connectivity index (χ1n) is 9.75. The van der Waals surface area contributed by atoms with E-state index in [9.17, 15) is 0 Å². The lowest BCUT2D eigenvalue weighted by Crippen LogP contribution is -2.01. The highest BCUT2D eigenvalue weighted by Crippen LogP contribution is 2.36. The van der Waals surface area contributed by atoms with Crippen molar-refractivity contribution >= 4 is 11.3 Å². The molecule has 5 aromatic rings. The van der Waals surface area contributed by atoms with Crippen LogP contribution in [-0.2, 0) is 13.5 Å². The summed E-state index contributed by atoms with van der Waals surface area (Å²) in [4.78, 5) is 4.19. The fraction of sp³-hybridized carbons (Fsp3) is 0.182. The highest BCUT2D eigenvalue weighted by molar-refractivity contribution is 5.91. The van der Waals surface area contributed by atoms with Crippen molar-refractivity contribution in [3.63, 3.8) is 0 Å². The van der Waals surface area contributed by atoms with Crippen molar-refractivity contribution in [2.45, 2.75) is 13.3 Å². The summed E-state index contributed by atoms with van der Waals surface area (Å²) in [5, 5.41) is 13.0. The Morgan fingerprint density at radius 2 is 2.03 bits per heavy atom. The molecule has 31 heavy (non-hydrogen) atoms. The maximum atomic E-state index is 6.25. The third-order valence-electron chi connectivity index (χ3n) is 5.21. The number of ether oxygens (including phenoxy) is 1. The quantitative estimate of drug-likeness (QED) is 0.469. The highest BCUT2D eigenvalue weighted by atomic mass is 16.5. The van der Waals surface area contributed by atoms with E-state index in [1.807, 2.05) is 56.6 Å². The van der Waals surface area contributed by atoms with E-state index >= 15 is 0 Å². The van der Waals surface area contributed by atoms with E-state index in [4.69, 9.17) is 15.0 Å². The van der Waals surface area contributed by atoms with Crippen molar-refractivity contribution in [2.75, 3.05) is 12.8 Å². The van der Waals surface area contributed by atoms with Gasteiger partial charge in [0.1, 0.15) is 29.0 Å². The van der Waals surface area contributed by atoms with Crippen molar-refractivity contribution < 1.29 is 9.26 Å². The number of methoxy groups -OCH3 is 1. The van der Waals surface area contributed by atoms with Crippen LogP contribution in [0.25, 0.3) is 28.0 Å². The second kappa shape index (κ2) is 7.28. The Hall–Kier alpha value is -4.14. The van der Waals surface area contributed by atoms with Crippen LogP contribution in [0, 0.1) is 6.92 Å². The van der Waals surface area contributed by atoms with Crippen LogP contribution in [0.1, 0.15) is 17.0 Å². The molecule has 2 N–H and O–H groups in total. The molecule has 5 rings (SSSR count). The van der Waals surface area contributed by atoms with Crippen molar-refractivity contribution in [1.82, 2.24) is 29.5 Å². The number of benzene rings is 1. The van der Waals surface area contributed by atoms with Gasteiger partial charge in [-0.2, -0.15) is 10.2 Å². The van der Waals surface area contributed by atoms with E-state index < -0.39 is 0 Å². The first-order chi connectivity index (χ1) is 15.0. The lowest BCUT2D eigenvalue weighted by atomic mass is 10.0. The molecule has 0 saturated carbocycles. The van der Waals surface area contributed by atoms with E-state index in [2.05, 4.69) is 20.3 Å². The monoisotopic (exact) mass is 415 g/mol. The second-order valence-corrected chi connectivity index (χ2v) is 7.36. The molecule has 0 aliphatic heterocycles. The molecule has 4 aromatic heterocycles. The number of rotatable bonds is 5. The van der Waals surface area contributed by atoms with Crippen LogP contribution in [0.5, 0.6) is 5.75 Å². The molecule has 0 fully saturated rings. The molecule has 0 spiro atoms. The molecule has 0 aliphatic carbocycles. The van der Waals surface area contributed by atoms with Crippen molar-refractivity contribution in [3.05, 3.63) is 65.9 Å². The Morgan fingerprint density at radius 3 is 2.74 bits per heavy atom. The number of nitrogens with two attached hydrogens (primary N) is 1. The zero-order chi connectivity index (χ0) is 21.5. The number of anilines is 1. The molecular weight excluding hydrogens is 394 g/mol. The molecule has 156 valence electrons. The Labute approximate surface area is 178 Å². The first-order valence-corrected chi connectivity index (χ1v) is 9.75. The average molecular weight is 415 g/mol. The van der Waals surface area contributed by atoms with Crippen molar-refractivity contribution in [3.8, 4) is 28.3 Å². The molecule has 1 aromatic carbocycles. The van der Waals surface area contributed by atoms with Gasteiger partial charge in [-0.1, -0.05) is 17.3 Å². The summed E-state index contributed by atoms with van der Waals surface area (Å²) >= 11 is 0. The first kappa shape index (κ1) is 18.9. The van der Waals surface area contributed by atoms with Crippen molar-refractivity contribution in [1.29, 1.82) is 0 Å². The molecular formula is C22H21N7O2. The lowest BCUT2D eigenvalue weighted by Gasteiger charge is -2.10. The van der Waals surface area contributed by atoms with Gasteiger partial charge in [-0.25, -0.2) is 9.50 Å². The predicted molar refractivity (Wildman–Crippen MR) is 116 cm³/mol. The standard InChI is InChI=1S/C22H21N7O2/c1-13-8-16(27-31-13)9-15-5-4-14(10-20(15)30-3)17-11-19(18-6-7-28(2)26-18)29-21(17)22(23)24-12-25-29/h4-8,10-12H,9H2,1-3H3,(H2,23,24,25). The van der Waals surface area contributed by atoms with Crippen LogP contribution in [0.15, 0.2) is 53.4 Å². The van der Waals surface area contributed by atoms with E-state index in [1.54, 1.807) is 16.3 Å². The number of aryl methyl sites for hydroxylation is 2. The smallest absolute Gasteiger partial charge is 0.152 e.